The molecular weight excluding hydrogens is 444 g/mol. The number of aliphatic imine (C=N–C) groups is 1. The summed E-state index contributed by atoms with van der Waals surface area (Å²) in [7, 11) is 0. The van der Waals surface area contributed by atoms with Crippen molar-refractivity contribution in [2.24, 2.45) is 4.99 Å². The molecule has 9 heteroatoms. The quantitative estimate of drug-likeness (QED) is 0.632. The lowest BCUT2D eigenvalue weighted by Gasteiger charge is -2.21. The minimum absolute atomic E-state index is 0.0231. The van der Waals surface area contributed by atoms with Crippen molar-refractivity contribution in [1.82, 2.24) is 4.98 Å². The van der Waals surface area contributed by atoms with Crippen LogP contribution in [0.25, 0.3) is 0 Å². The number of nitrogens with one attached hydrogen (secondary N) is 1. The number of carbonyl (C=O) groups excluding carboxylic acids is 2. The lowest BCUT2D eigenvalue weighted by atomic mass is 10.1. The molecule has 2 amide bonds. The fourth-order valence-corrected chi connectivity index (χ4v) is 3.79. The van der Waals surface area contributed by atoms with Gasteiger partial charge in [0.2, 0.25) is 11.8 Å². The lowest BCUT2D eigenvalue weighted by Crippen LogP contribution is -2.39. The Hall–Kier alpha value is -3.91. The Balaban J connectivity index is 1.37. The molecule has 2 aliphatic heterocycles. The zero-order valence-electron chi connectivity index (χ0n) is 17.5. The second kappa shape index (κ2) is 8.91. The minimum atomic E-state index is -0.369. The van der Waals surface area contributed by atoms with Crippen molar-refractivity contribution in [2.75, 3.05) is 30.0 Å². The van der Waals surface area contributed by atoms with Gasteiger partial charge in [-0.05, 0) is 42.0 Å². The smallest absolute Gasteiger partial charge is 0.244 e. The van der Waals surface area contributed by atoms with Crippen molar-refractivity contribution in [3.63, 3.8) is 0 Å². The molecule has 0 unspecified atom stereocenters. The van der Waals surface area contributed by atoms with Gasteiger partial charge >= 0.3 is 0 Å². The molecule has 5 rings (SSSR count). The Morgan fingerprint density at radius 2 is 1.85 bits per heavy atom. The van der Waals surface area contributed by atoms with Gasteiger partial charge in [-0.25, -0.2) is 9.98 Å². The first-order valence-electron chi connectivity index (χ1n) is 10.4. The number of carbonyl (C=O) groups is 2. The maximum Gasteiger partial charge on any atom is 0.244 e. The summed E-state index contributed by atoms with van der Waals surface area (Å²) in [4.78, 5) is 36.4. The van der Waals surface area contributed by atoms with Crippen LogP contribution in [0, 0.1) is 0 Å². The highest BCUT2D eigenvalue weighted by molar-refractivity contribution is 6.30. The predicted molar refractivity (Wildman–Crippen MR) is 125 cm³/mol. The predicted octanol–water partition coefficient (Wildman–Crippen LogP) is 4.00. The van der Waals surface area contributed by atoms with Crippen LogP contribution in [0.1, 0.15) is 12.0 Å². The number of anilines is 2. The van der Waals surface area contributed by atoms with Crippen molar-refractivity contribution in [2.45, 2.75) is 6.42 Å². The number of benzene rings is 2. The molecule has 166 valence electrons. The van der Waals surface area contributed by atoms with Gasteiger partial charge in [0.1, 0.15) is 25.4 Å². The van der Waals surface area contributed by atoms with E-state index in [1.54, 1.807) is 48.7 Å². The third-order valence-corrected chi connectivity index (χ3v) is 5.45. The number of halogens is 1. The molecular formula is C24H19ClN4O4. The zero-order valence-corrected chi connectivity index (χ0v) is 18.2. The van der Waals surface area contributed by atoms with Crippen LogP contribution in [0.2, 0.25) is 5.02 Å². The van der Waals surface area contributed by atoms with E-state index in [2.05, 4.69) is 15.3 Å². The fraction of sp³-hybridized carbons (Fsp3) is 0.167. The standard InChI is InChI=1S/C24H19ClN4O4/c25-16-5-3-15(4-6-16)19-13-23(31)29(24-18(28-19)2-1-9-26-24)14-22(30)27-17-7-8-20-21(12-17)33-11-10-32-20/h1-9,12H,10-11,13-14H2,(H,27,30). The molecule has 0 spiro atoms. The average molecular weight is 463 g/mol. The van der Waals surface area contributed by atoms with E-state index in [0.717, 1.165) is 5.56 Å². The molecule has 0 radical (unpaired) electrons. The Bertz CT molecular complexity index is 1260. The molecule has 0 saturated heterocycles. The molecule has 33 heavy (non-hydrogen) atoms. The molecule has 1 N–H and O–H groups in total. The zero-order chi connectivity index (χ0) is 22.8. The van der Waals surface area contributed by atoms with E-state index in [9.17, 15) is 9.59 Å². The first-order valence-corrected chi connectivity index (χ1v) is 10.7. The van der Waals surface area contributed by atoms with E-state index in [4.69, 9.17) is 21.1 Å². The van der Waals surface area contributed by atoms with Gasteiger partial charge in [0.25, 0.3) is 0 Å². The highest BCUT2D eigenvalue weighted by atomic mass is 35.5. The molecule has 0 bridgehead atoms. The van der Waals surface area contributed by atoms with Crippen molar-refractivity contribution in [3.8, 4) is 11.5 Å². The van der Waals surface area contributed by atoms with Crippen LogP contribution in [-0.4, -0.2) is 42.3 Å². The van der Waals surface area contributed by atoms with Gasteiger partial charge in [-0.2, -0.15) is 0 Å². The summed E-state index contributed by atoms with van der Waals surface area (Å²) in [6.45, 7) is 0.730. The second-order valence-corrected chi connectivity index (χ2v) is 7.91. The number of aromatic nitrogens is 1. The van der Waals surface area contributed by atoms with E-state index in [0.29, 0.717) is 52.6 Å². The molecule has 2 aliphatic rings. The number of fused-ring (bicyclic) bond motifs is 2. The molecule has 0 saturated carbocycles. The molecule has 0 fully saturated rings. The van der Waals surface area contributed by atoms with Gasteiger partial charge in [-0.3, -0.25) is 14.5 Å². The van der Waals surface area contributed by atoms with Gasteiger partial charge < -0.3 is 14.8 Å². The number of ether oxygens (including phenoxy) is 2. The van der Waals surface area contributed by atoms with Crippen LogP contribution in [0.4, 0.5) is 17.2 Å². The monoisotopic (exact) mass is 462 g/mol. The third-order valence-electron chi connectivity index (χ3n) is 5.20. The summed E-state index contributed by atoms with van der Waals surface area (Å²) in [5.74, 6) is 0.888. The minimum Gasteiger partial charge on any atom is -0.486 e. The van der Waals surface area contributed by atoms with Crippen LogP contribution in [-0.2, 0) is 9.59 Å². The number of amides is 2. The molecule has 1 aromatic heterocycles. The molecule has 0 aliphatic carbocycles. The van der Waals surface area contributed by atoms with Gasteiger partial charge in [0.05, 0.1) is 12.1 Å². The molecule has 8 nitrogen and oxygen atoms in total. The highest BCUT2D eigenvalue weighted by Gasteiger charge is 2.28. The molecule has 0 atom stereocenters. The first-order chi connectivity index (χ1) is 16.1. The average Bonchev–Trinajstić information content (AvgIpc) is 2.96. The van der Waals surface area contributed by atoms with Crippen molar-refractivity contribution < 1.29 is 19.1 Å². The largest absolute Gasteiger partial charge is 0.486 e. The second-order valence-electron chi connectivity index (χ2n) is 7.47. The van der Waals surface area contributed by atoms with Crippen LogP contribution in [0.3, 0.4) is 0 Å². The SMILES string of the molecule is O=C(CN1C(=O)CC(c2ccc(Cl)cc2)=Nc2cccnc21)Nc1ccc2c(c1)OCCO2. The number of nitrogens with zero attached hydrogens (tertiary/aromatic N) is 3. The van der Waals surface area contributed by atoms with E-state index in [1.165, 1.54) is 4.90 Å². The Morgan fingerprint density at radius 3 is 2.67 bits per heavy atom. The first kappa shape index (κ1) is 21.0. The summed E-state index contributed by atoms with van der Waals surface area (Å²) in [6, 6.07) is 15.8. The molecule has 3 heterocycles. The number of rotatable bonds is 4. The van der Waals surface area contributed by atoms with E-state index in [-0.39, 0.29) is 24.8 Å². The van der Waals surface area contributed by atoms with Crippen LogP contribution in [0.15, 0.2) is 65.8 Å². The van der Waals surface area contributed by atoms with Gasteiger partial charge in [0.15, 0.2) is 17.3 Å². The summed E-state index contributed by atoms with van der Waals surface area (Å²) in [6.07, 6.45) is 1.59. The van der Waals surface area contributed by atoms with E-state index < -0.39 is 0 Å². The van der Waals surface area contributed by atoms with Gasteiger partial charge in [-0.15, -0.1) is 0 Å². The van der Waals surface area contributed by atoms with Crippen molar-refractivity contribution in [1.29, 1.82) is 0 Å². The van der Waals surface area contributed by atoms with E-state index in [1.807, 2.05) is 12.1 Å². The van der Waals surface area contributed by atoms with Crippen molar-refractivity contribution >= 4 is 46.3 Å². The number of pyridine rings is 1. The third kappa shape index (κ3) is 4.51. The fourth-order valence-electron chi connectivity index (χ4n) is 3.66. The van der Waals surface area contributed by atoms with Crippen molar-refractivity contribution in [3.05, 3.63) is 71.4 Å². The number of hydrogen-bond acceptors (Lipinski definition) is 6. The van der Waals surface area contributed by atoms with Gasteiger partial charge in [0, 0.05) is 23.0 Å². The highest BCUT2D eigenvalue weighted by Crippen LogP contribution is 2.33. The normalized spacial score (nSPS) is 14.8. The van der Waals surface area contributed by atoms with Crippen LogP contribution >= 0.6 is 11.6 Å². The summed E-state index contributed by atoms with van der Waals surface area (Å²) in [5, 5.41) is 3.41. The molecule has 3 aromatic rings. The van der Waals surface area contributed by atoms with Crippen LogP contribution < -0.4 is 19.7 Å². The maximum absolute atomic E-state index is 13.2. The topological polar surface area (TPSA) is 93.1 Å². The van der Waals surface area contributed by atoms with E-state index >= 15 is 0 Å². The summed E-state index contributed by atoms with van der Waals surface area (Å²) < 4.78 is 11.1. The number of hydrogen-bond donors (Lipinski definition) is 1. The summed E-state index contributed by atoms with van der Waals surface area (Å²) >= 11 is 5.99. The van der Waals surface area contributed by atoms with Gasteiger partial charge in [-0.1, -0.05) is 23.7 Å². The lowest BCUT2D eigenvalue weighted by molar-refractivity contribution is -0.120. The Kier molecular flexibility index (Phi) is 5.66. The Labute approximate surface area is 194 Å². The molecule has 2 aromatic carbocycles. The summed E-state index contributed by atoms with van der Waals surface area (Å²) in [5.41, 5.74) is 2.43. The van der Waals surface area contributed by atoms with Crippen LogP contribution in [0.5, 0.6) is 11.5 Å². The Morgan fingerprint density at radius 1 is 1.06 bits per heavy atom. The maximum atomic E-state index is 13.2.